The van der Waals surface area contributed by atoms with Gasteiger partial charge in [-0.05, 0) is 52.9 Å². The summed E-state index contributed by atoms with van der Waals surface area (Å²) in [5.74, 6) is 1.43. The van der Waals surface area contributed by atoms with Crippen molar-refractivity contribution < 1.29 is 19.1 Å². The number of thiophene rings is 1. The number of benzene rings is 3. The molecule has 8 heteroatoms. The van der Waals surface area contributed by atoms with Gasteiger partial charge in [-0.3, -0.25) is 4.79 Å². The summed E-state index contributed by atoms with van der Waals surface area (Å²) in [4.78, 5) is 31.8. The second-order valence-electron chi connectivity index (χ2n) is 10.1. The van der Waals surface area contributed by atoms with Gasteiger partial charge in [0.15, 0.2) is 11.5 Å². The third kappa shape index (κ3) is 7.54. The van der Waals surface area contributed by atoms with Crippen molar-refractivity contribution in [3.63, 3.8) is 0 Å². The van der Waals surface area contributed by atoms with E-state index in [1.54, 1.807) is 30.5 Å². The number of amides is 3. The zero-order chi connectivity index (χ0) is 28.5. The van der Waals surface area contributed by atoms with Crippen LogP contribution in [0.25, 0.3) is 10.8 Å². The van der Waals surface area contributed by atoms with Crippen LogP contribution in [0.3, 0.4) is 0 Å². The molecule has 1 heterocycles. The van der Waals surface area contributed by atoms with Crippen LogP contribution in [0.5, 0.6) is 11.5 Å². The molecule has 0 fully saturated rings. The molecule has 4 rings (SSSR count). The highest BCUT2D eigenvalue weighted by Crippen LogP contribution is 2.28. The zero-order valence-electron chi connectivity index (χ0n) is 23.6. The van der Waals surface area contributed by atoms with Gasteiger partial charge in [0.2, 0.25) is 5.91 Å². The summed E-state index contributed by atoms with van der Waals surface area (Å²) < 4.78 is 10.8. The topological polar surface area (TPSA) is 71.1 Å². The quantitative estimate of drug-likeness (QED) is 0.210. The summed E-state index contributed by atoms with van der Waals surface area (Å²) >= 11 is 1.62. The number of methoxy groups -OCH3 is 2. The van der Waals surface area contributed by atoms with E-state index in [2.05, 4.69) is 5.32 Å². The number of urea groups is 1. The van der Waals surface area contributed by atoms with E-state index in [1.807, 2.05) is 96.9 Å². The molecule has 0 unspecified atom stereocenters. The van der Waals surface area contributed by atoms with Crippen LogP contribution >= 0.6 is 11.3 Å². The van der Waals surface area contributed by atoms with Crippen molar-refractivity contribution in [2.45, 2.75) is 26.8 Å². The minimum absolute atomic E-state index is 0.00785. The molecule has 210 valence electrons. The number of nitrogens with zero attached hydrogens (tertiary/aromatic N) is 2. The van der Waals surface area contributed by atoms with E-state index in [0.29, 0.717) is 37.6 Å². The van der Waals surface area contributed by atoms with Crippen LogP contribution < -0.4 is 14.8 Å². The first-order chi connectivity index (χ1) is 19.4. The molecule has 1 N–H and O–H groups in total. The minimum Gasteiger partial charge on any atom is -0.493 e. The highest BCUT2D eigenvalue weighted by molar-refractivity contribution is 7.09. The monoisotopic (exact) mass is 559 g/mol. The zero-order valence-corrected chi connectivity index (χ0v) is 24.4. The highest BCUT2D eigenvalue weighted by atomic mass is 32.1. The van der Waals surface area contributed by atoms with Crippen molar-refractivity contribution in [1.82, 2.24) is 9.80 Å². The Labute approximate surface area is 240 Å². The Bertz CT molecular complexity index is 1420. The SMILES string of the molecule is COc1ccc(CCN(Cc2cccs2)C(=O)CN(CC(C)C)C(=O)Nc2cccc3ccccc23)cc1OC. The fourth-order valence-electron chi connectivity index (χ4n) is 4.63. The standard InChI is InChI=1S/C32H37N3O4S/c1-23(2)20-35(32(37)33-28-13-7-10-25-9-5-6-12-27(25)28)22-31(36)34(21-26-11-8-18-40-26)17-16-24-14-15-29(38-3)30(19-24)39-4/h5-15,18-19,23H,16-17,20-22H2,1-4H3,(H,33,37). The van der Waals surface area contributed by atoms with Crippen molar-refractivity contribution in [1.29, 1.82) is 0 Å². The maximum Gasteiger partial charge on any atom is 0.322 e. The van der Waals surface area contributed by atoms with E-state index >= 15 is 0 Å². The number of hydrogen-bond donors (Lipinski definition) is 1. The summed E-state index contributed by atoms with van der Waals surface area (Å²) in [7, 11) is 3.22. The molecule has 4 aromatic rings. The van der Waals surface area contributed by atoms with Crippen LogP contribution in [0, 0.1) is 5.92 Å². The lowest BCUT2D eigenvalue weighted by Gasteiger charge is -2.29. The molecule has 0 bridgehead atoms. The molecule has 0 spiro atoms. The first kappa shape index (κ1) is 29.0. The average Bonchev–Trinajstić information content (AvgIpc) is 3.48. The summed E-state index contributed by atoms with van der Waals surface area (Å²) in [6.45, 7) is 5.54. The Morgan fingerprint density at radius 3 is 2.40 bits per heavy atom. The van der Waals surface area contributed by atoms with Crippen molar-refractivity contribution in [3.8, 4) is 11.5 Å². The largest absolute Gasteiger partial charge is 0.493 e. The second-order valence-corrected chi connectivity index (χ2v) is 11.1. The molecule has 3 aromatic carbocycles. The Kier molecular flexibility index (Phi) is 10.0. The average molecular weight is 560 g/mol. The second kappa shape index (κ2) is 13.8. The Hall–Kier alpha value is -4.04. The van der Waals surface area contributed by atoms with Crippen molar-refractivity contribution in [2.24, 2.45) is 5.92 Å². The van der Waals surface area contributed by atoms with Gasteiger partial charge in [-0.2, -0.15) is 0 Å². The van der Waals surface area contributed by atoms with Gasteiger partial charge in [0.05, 0.1) is 26.5 Å². The molecule has 0 atom stereocenters. The summed E-state index contributed by atoms with van der Waals surface area (Å²) in [6, 6.07) is 23.3. The molecule has 40 heavy (non-hydrogen) atoms. The Balaban J connectivity index is 1.51. The molecule has 7 nitrogen and oxygen atoms in total. The third-order valence-corrected chi connectivity index (χ3v) is 7.49. The normalized spacial score (nSPS) is 10.9. The van der Waals surface area contributed by atoms with Crippen LogP contribution in [-0.2, 0) is 17.8 Å². The van der Waals surface area contributed by atoms with E-state index in [-0.39, 0.29) is 24.4 Å². The Morgan fingerprint density at radius 2 is 1.68 bits per heavy atom. The van der Waals surface area contributed by atoms with Crippen LogP contribution in [0.2, 0.25) is 0 Å². The molecule has 3 amide bonds. The van der Waals surface area contributed by atoms with E-state index in [1.165, 1.54) is 0 Å². The summed E-state index contributed by atoms with van der Waals surface area (Å²) in [6.07, 6.45) is 0.643. The maximum atomic E-state index is 13.7. The molecule has 0 aliphatic rings. The van der Waals surface area contributed by atoms with Gasteiger partial charge in [0, 0.05) is 23.4 Å². The lowest BCUT2D eigenvalue weighted by atomic mass is 10.1. The van der Waals surface area contributed by atoms with Gasteiger partial charge in [0.25, 0.3) is 0 Å². The lowest BCUT2D eigenvalue weighted by Crippen LogP contribution is -2.46. The summed E-state index contributed by atoms with van der Waals surface area (Å²) in [5.41, 5.74) is 1.77. The highest BCUT2D eigenvalue weighted by Gasteiger charge is 2.23. The smallest absolute Gasteiger partial charge is 0.322 e. The minimum atomic E-state index is -0.283. The third-order valence-electron chi connectivity index (χ3n) is 6.63. The number of anilines is 1. The number of nitrogens with one attached hydrogen (secondary N) is 1. The van der Waals surface area contributed by atoms with Crippen molar-refractivity contribution in [2.75, 3.05) is 39.2 Å². The fourth-order valence-corrected chi connectivity index (χ4v) is 5.35. The molecule has 0 saturated heterocycles. The molecule has 0 aliphatic heterocycles. The van der Waals surface area contributed by atoms with E-state index in [0.717, 1.165) is 26.9 Å². The first-order valence-electron chi connectivity index (χ1n) is 13.4. The van der Waals surface area contributed by atoms with Gasteiger partial charge in [-0.1, -0.05) is 62.4 Å². The van der Waals surface area contributed by atoms with E-state index in [9.17, 15) is 9.59 Å². The van der Waals surface area contributed by atoms with Crippen LogP contribution in [0.15, 0.2) is 78.2 Å². The van der Waals surface area contributed by atoms with Crippen molar-refractivity contribution in [3.05, 3.63) is 88.6 Å². The summed E-state index contributed by atoms with van der Waals surface area (Å²) in [5, 5.41) is 7.07. The molecule has 0 saturated carbocycles. The van der Waals surface area contributed by atoms with Gasteiger partial charge >= 0.3 is 6.03 Å². The molecular formula is C32H37N3O4S. The van der Waals surface area contributed by atoms with Crippen LogP contribution in [0.4, 0.5) is 10.5 Å². The number of carbonyl (C=O) groups excluding carboxylic acids is 2. The van der Waals surface area contributed by atoms with Crippen LogP contribution in [0.1, 0.15) is 24.3 Å². The van der Waals surface area contributed by atoms with E-state index in [4.69, 9.17) is 9.47 Å². The number of fused-ring (bicyclic) bond motifs is 1. The van der Waals surface area contributed by atoms with Gasteiger partial charge < -0.3 is 24.6 Å². The number of carbonyl (C=O) groups is 2. The van der Waals surface area contributed by atoms with Gasteiger partial charge in [-0.25, -0.2) is 4.79 Å². The molecular weight excluding hydrogens is 522 g/mol. The van der Waals surface area contributed by atoms with Crippen LogP contribution in [-0.4, -0.2) is 55.6 Å². The predicted octanol–water partition coefficient (Wildman–Crippen LogP) is 6.68. The fraction of sp³-hybridized carbons (Fsp3) is 0.312. The van der Waals surface area contributed by atoms with Crippen molar-refractivity contribution >= 4 is 39.7 Å². The number of ether oxygens (including phenoxy) is 2. The number of hydrogen-bond acceptors (Lipinski definition) is 5. The lowest BCUT2D eigenvalue weighted by molar-refractivity contribution is -0.132. The number of rotatable bonds is 12. The maximum absolute atomic E-state index is 13.7. The Morgan fingerprint density at radius 1 is 0.900 bits per heavy atom. The van der Waals surface area contributed by atoms with Gasteiger partial charge in [-0.15, -0.1) is 11.3 Å². The van der Waals surface area contributed by atoms with E-state index < -0.39 is 0 Å². The molecule has 0 aliphatic carbocycles. The molecule has 1 aromatic heterocycles. The predicted molar refractivity (Wildman–Crippen MR) is 162 cm³/mol. The molecule has 0 radical (unpaired) electrons. The first-order valence-corrected chi connectivity index (χ1v) is 14.3. The van der Waals surface area contributed by atoms with Gasteiger partial charge in [0.1, 0.15) is 6.54 Å².